The molecule has 2 fully saturated rings. The number of aryl methyl sites for hydroxylation is 1. The minimum absolute atomic E-state index is 0.269. The number of pyridine rings is 1. The smallest absolute Gasteiger partial charge is 0.183 e. The van der Waals surface area contributed by atoms with Gasteiger partial charge in [0.15, 0.2) is 6.29 Å². The van der Waals surface area contributed by atoms with Crippen molar-refractivity contribution in [3.63, 3.8) is 0 Å². The molecular weight excluding hydrogens is 315 g/mol. The molecule has 2 aliphatic rings. The average molecular weight is 334 g/mol. The fourth-order valence-corrected chi connectivity index (χ4v) is 3.31. The zero-order chi connectivity index (χ0) is 16.7. The molecule has 0 spiro atoms. The minimum Gasteiger partial charge on any atom is -0.389 e. The second-order valence-electron chi connectivity index (χ2n) is 6.23. The van der Waals surface area contributed by atoms with E-state index < -0.39 is 18.4 Å². The van der Waals surface area contributed by atoms with E-state index in [2.05, 4.69) is 15.4 Å². The van der Waals surface area contributed by atoms with E-state index in [1.165, 1.54) is 12.4 Å². The summed E-state index contributed by atoms with van der Waals surface area (Å²) >= 11 is 0. The molecule has 0 radical (unpaired) electrons. The molecular formula is C16H19FN4O3. The van der Waals surface area contributed by atoms with Crippen molar-refractivity contribution in [2.75, 3.05) is 6.61 Å². The third-order valence-electron chi connectivity index (χ3n) is 4.55. The summed E-state index contributed by atoms with van der Waals surface area (Å²) in [7, 11) is 0. The lowest BCUT2D eigenvalue weighted by Crippen LogP contribution is -2.57. The van der Waals surface area contributed by atoms with Crippen LogP contribution in [-0.2, 0) is 16.0 Å². The van der Waals surface area contributed by atoms with Gasteiger partial charge in [0.2, 0.25) is 0 Å². The summed E-state index contributed by atoms with van der Waals surface area (Å²) in [5.74, 6) is -0.379. The highest BCUT2D eigenvalue weighted by molar-refractivity contribution is 5.13. The number of rotatable bonds is 4. The standard InChI is InChI=1S/C16H19FN4O3/c1-9-4-20-21(7-9)14-15(22)13(12-8-23-16(14)24-12)19-5-10-2-3-18-6-11(10)17/h2-4,6-7,12-16,19,22H,5,8H2,1H3. The highest BCUT2D eigenvalue weighted by Crippen LogP contribution is 2.35. The van der Waals surface area contributed by atoms with Crippen molar-refractivity contribution in [1.82, 2.24) is 20.1 Å². The van der Waals surface area contributed by atoms with E-state index in [1.807, 2.05) is 13.1 Å². The lowest BCUT2D eigenvalue weighted by molar-refractivity contribution is -0.168. The fraction of sp³-hybridized carbons (Fsp3) is 0.500. The number of halogens is 1. The number of nitrogens with one attached hydrogen (secondary N) is 1. The van der Waals surface area contributed by atoms with Gasteiger partial charge in [-0.2, -0.15) is 5.10 Å². The molecule has 0 aromatic carbocycles. The van der Waals surface area contributed by atoms with E-state index in [0.29, 0.717) is 12.2 Å². The monoisotopic (exact) mass is 334 g/mol. The van der Waals surface area contributed by atoms with Crippen LogP contribution in [0.4, 0.5) is 4.39 Å². The largest absolute Gasteiger partial charge is 0.389 e. The predicted octanol–water partition coefficient (Wildman–Crippen LogP) is 0.541. The first kappa shape index (κ1) is 15.6. The Morgan fingerprint density at radius 3 is 3.08 bits per heavy atom. The van der Waals surface area contributed by atoms with Crippen molar-refractivity contribution < 1.29 is 19.0 Å². The second-order valence-corrected chi connectivity index (χ2v) is 6.23. The second kappa shape index (κ2) is 6.21. The number of hydrogen-bond donors (Lipinski definition) is 2. The predicted molar refractivity (Wildman–Crippen MR) is 81.4 cm³/mol. The number of nitrogens with zero attached hydrogens (tertiary/aromatic N) is 3. The van der Waals surface area contributed by atoms with Crippen molar-refractivity contribution in [3.05, 3.63) is 47.8 Å². The van der Waals surface area contributed by atoms with Crippen molar-refractivity contribution >= 4 is 0 Å². The molecule has 2 aromatic heterocycles. The van der Waals surface area contributed by atoms with Crippen molar-refractivity contribution in [3.8, 4) is 0 Å². The van der Waals surface area contributed by atoms with Crippen LogP contribution in [0.15, 0.2) is 30.9 Å². The molecule has 5 atom stereocenters. The first-order valence-electron chi connectivity index (χ1n) is 7.91. The average Bonchev–Trinajstić information content (AvgIpc) is 3.17. The van der Waals surface area contributed by atoms with E-state index in [4.69, 9.17) is 9.47 Å². The summed E-state index contributed by atoms with van der Waals surface area (Å²) in [6.07, 6.45) is 4.72. The first-order chi connectivity index (χ1) is 11.6. The minimum atomic E-state index is -0.763. The Morgan fingerprint density at radius 1 is 1.46 bits per heavy atom. The zero-order valence-corrected chi connectivity index (χ0v) is 13.2. The van der Waals surface area contributed by atoms with Crippen molar-refractivity contribution in [1.29, 1.82) is 0 Å². The van der Waals surface area contributed by atoms with Gasteiger partial charge >= 0.3 is 0 Å². The van der Waals surface area contributed by atoms with E-state index >= 15 is 0 Å². The maximum absolute atomic E-state index is 13.7. The summed E-state index contributed by atoms with van der Waals surface area (Å²) < 4.78 is 26.9. The molecule has 24 heavy (non-hydrogen) atoms. The Labute approximate surface area is 138 Å². The quantitative estimate of drug-likeness (QED) is 0.849. The van der Waals surface area contributed by atoms with Crippen LogP contribution in [0.3, 0.4) is 0 Å². The van der Waals surface area contributed by atoms with Crippen LogP contribution in [0, 0.1) is 12.7 Å². The van der Waals surface area contributed by atoms with Crippen LogP contribution >= 0.6 is 0 Å². The molecule has 2 saturated heterocycles. The van der Waals surface area contributed by atoms with Crippen molar-refractivity contribution in [2.45, 2.75) is 44.1 Å². The van der Waals surface area contributed by atoms with Crippen LogP contribution in [-0.4, -0.2) is 51.0 Å². The maximum atomic E-state index is 13.7. The first-order valence-corrected chi connectivity index (χ1v) is 7.91. The topological polar surface area (TPSA) is 81.4 Å². The van der Waals surface area contributed by atoms with Crippen LogP contribution in [0.25, 0.3) is 0 Å². The van der Waals surface area contributed by atoms with Gasteiger partial charge in [-0.3, -0.25) is 9.67 Å². The number of hydrogen-bond acceptors (Lipinski definition) is 6. The van der Waals surface area contributed by atoms with Gasteiger partial charge in [-0.05, 0) is 18.6 Å². The number of aliphatic hydroxyl groups is 1. The SMILES string of the molecule is Cc1cnn(C2C3OCC(O3)C(NCc3ccncc3F)C2O)c1. The van der Waals surface area contributed by atoms with E-state index in [1.54, 1.807) is 16.9 Å². The summed E-state index contributed by atoms with van der Waals surface area (Å²) in [6.45, 7) is 2.58. The van der Waals surface area contributed by atoms with Gasteiger partial charge < -0.3 is 19.9 Å². The van der Waals surface area contributed by atoms with E-state index in [-0.39, 0.29) is 24.5 Å². The van der Waals surface area contributed by atoms with Crippen LogP contribution in [0.5, 0.6) is 0 Å². The fourth-order valence-electron chi connectivity index (χ4n) is 3.31. The normalized spacial score (nSPS) is 32.2. The van der Waals surface area contributed by atoms with Gasteiger partial charge in [0.05, 0.1) is 31.1 Å². The van der Waals surface area contributed by atoms with Crippen molar-refractivity contribution in [2.24, 2.45) is 0 Å². The summed E-state index contributed by atoms with van der Waals surface area (Å²) in [6, 6.07) is 0.781. The Hall–Kier alpha value is -1.87. The van der Waals surface area contributed by atoms with Gasteiger partial charge in [0.1, 0.15) is 18.0 Å². The maximum Gasteiger partial charge on any atom is 0.183 e. The number of ether oxygens (including phenoxy) is 2. The molecule has 8 heteroatoms. The Bertz CT molecular complexity index is 725. The third kappa shape index (κ3) is 2.71. The molecule has 2 aliphatic heterocycles. The summed E-state index contributed by atoms with van der Waals surface area (Å²) in [5, 5.41) is 18.3. The molecule has 4 heterocycles. The number of aliphatic hydroxyl groups excluding tert-OH is 1. The summed E-state index contributed by atoms with van der Waals surface area (Å²) in [5.41, 5.74) is 1.48. The molecule has 0 aliphatic carbocycles. The summed E-state index contributed by atoms with van der Waals surface area (Å²) in [4.78, 5) is 3.74. The van der Waals surface area contributed by atoms with Crippen LogP contribution in [0.1, 0.15) is 17.2 Å². The van der Waals surface area contributed by atoms with E-state index in [9.17, 15) is 9.50 Å². The molecule has 0 saturated carbocycles. The Kier molecular flexibility index (Phi) is 4.05. The van der Waals surface area contributed by atoms with Gasteiger partial charge in [-0.25, -0.2) is 4.39 Å². The lowest BCUT2D eigenvalue weighted by atomic mass is 9.96. The van der Waals surface area contributed by atoms with Crippen LogP contribution < -0.4 is 5.32 Å². The highest BCUT2D eigenvalue weighted by atomic mass is 19.1. The van der Waals surface area contributed by atoms with Gasteiger partial charge in [-0.15, -0.1) is 0 Å². The lowest BCUT2D eigenvalue weighted by Gasteiger charge is -2.38. The highest BCUT2D eigenvalue weighted by Gasteiger charge is 2.51. The molecule has 2 N–H and O–H groups in total. The van der Waals surface area contributed by atoms with Gasteiger partial charge in [-0.1, -0.05) is 0 Å². The van der Waals surface area contributed by atoms with E-state index in [0.717, 1.165) is 5.56 Å². The molecule has 2 bridgehead atoms. The molecule has 2 aromatic rings. The molecule has 4 rings (SSSR count). The Balaban J connectivity index is 1.53. The van der Waals surface area contributed by atoms with Crippen LogP contribution in [0.2, 0.25) is 0 Å². The zero-order valence-electron chi connectivity index (χ0n) is 13.2. The van der Waals surface area contributed by atoms with Gasteiger partial charge in [0, 0.05) is 24.5 Å². The number of aromatic nitrogens is 3. The molecule has 5 unspecified atom stereocenters. The number of fused-ring (bicyclic) bond motifs is 2. The molecule has 7 nitrogen and oxygen atoms in total. The van der Waals surface area contributed by atoms with Gasteiger partial charge in [0.25, 0.3) is 0 Å². The molecule has 128 valence electrons. The Morgan fingerprint density at radius 2 is 2.33 bits per heavy atom. The third-order valence-corrected chi connectivity index (χ3v) is 4.55. The molecule has 0 amide bonds.